The minimum absolute atomic E-state index is 0.0273. The van der Waals surface area contributed by atoms with Gasteiger partial charge < -0.3 is 9.94 Å². The highest BCUT2D eigenvalue weighted by atomic mass is 35.5. The Morgan fingerprint density at radius 1 is 1.34 bits per heavy atom. The smallest absolute Gasteiger partial charge is 0.433 e. The lowest BCUT2D eigenvalue weighted by Crippen LogP contribution is -2.21. The van der Waals surface area contributed by atoms with Crippen LogP contribution in [0.25, 0.3) is 11.3 Å². The quantitative estimate of drug-likeness (QED) is 0.426. The van der Waals surface area contributed by atoms with Crippen molar-refractivity contribution in [1.29, 1.82) is 0 Å². The van der Waals surface area contributed by atoms with Gasteiger partial charge in [0.05, 0.1) is 29.1 Å². The Labute approximate surface area is 220 Å². The van der Waals surface area contributed by atoms with Gasteiger partial charge in [-0.2, -0.15) is 18.3 Å². The maximum absolute atomic E-state index is 15.1. The van der Waals surface area contributed by atoms with Crippen molar-refractivity contribution < 1.29 is 36.7 Å². The second-order valence-electron chi connectivity index (χ2n) is 8.31. The van der Waals surface area contributed by atoms with Crippen molar-refractivity contribution in [2.24, 2.45) is 0 Å². The third-order valence-corrected chi connectivity index (χ3v) is 7.07. The number of carbonyl (C=O) groups is 1. The van der Waals surface area contributed by atoms with Crippen molar-refractivity contribution in [2.75, 3.05) is 7.05 Å². The second kappa shape index (κ2) is 9.55. The molecule has 0 bridgehead atoms. The number of carboxylic acid groups (broad SMARTS) is 1. The summed E-state index contributed by atoms with van der Waals surface area (Å²) in [6.07, 6.45) is 1.82. The minimum Gasteiger partial charge on any atom is -0.476 e. The number of carboxylic acids is 1. The third-order valence-electron chi connectivity index (χ3n) is 5.88. The second-order valence-corrected chi connectivity index (χ2v) is 9.57. The van der Waals surface area contributed by atoms with Crippen LogP contribution in [0.5, 0.6) is 0 Å². The number of rotatable bonds is 4. The molecule has 2 atom stereocenters. The average Bonchev–Trinajstić information content (AvgIpc) is 3.56. The Bertz CT molecular complexity index is 1510. The molecule has 0 aromatic carbocycles. The molecule has 3 heterocycles. The van der Waals surface area contributed by atoms with E-state index in [9.17, 15) is 27.5 Å². The van der Waals surface area contributed by atoms with Gasteiger partial charge in [0.25, 0.3) is 0 Å². The van der Waals surface area contributed by atoms with Gasteiger partial charge in [-0.1, -0.05) is 23.8 Å². The maximum Gasteiger partial charge on any atom is 0.433 e. The fourth-order valence-electron chi connectivity index (χ4n) is 4.33. The summed E-state index contributed by atoms with van der Waals surface area (Å²) in [6, 6.07) is -1.07. The number of halogens is 6. The van der Waals surface area contributed by atoms with Crippen LogP contribution in [0, 0.1) is 0 Å². The van der Waals surface area contributed by atoms with Gasteiger partial charge in [0.1, 0.15) is 17.0 Å². The van der Waals surface area contributed by atoms with Crippen molar-refractivity contribution >= 4 is 40.2 Å². The van der Waals surface area contributed by atoms with E-state index in [-0.39, 0.29) is 44.8 Å². The third kappa shape index (κ3) is 4.45. The van der Waals surface area contributed by atoms with Crippen LogP contribution in [0.15, 0.2) is 70.2 Å². The van der Waals surface area contributed by atoms with E-state index in [1.807, 2.05) is 0 Å². The van der Waals surface area contributed by atoms with Crippen LogP contribution in [0.1, 0.15) is 39.2 Å². The molecule has 0 saturated carbocycles. The van der Waals surface area contributed by atoms with E-state index in [4.69, 9.17) is 16.4 Å². The first kappa shape index (κ1) is 25.9. The Morgan fingerprint density at radius 2 is 2.11 bits per heavy atom. The summed E-state index contributed by atoms with van der Waals surface area (Å²) in [5, 5.41) is 15.5. The van der Waals surface area contributed by atoms with Gasteiger partial charge in [-0.05, 0) is 30.7 Å². The number of hydrogen-bond acceptors (Lipinski definition) is 6. The Hall–Kier alpha value is -3.71. The van der Waals surface area contributed by atoms with E-state index < -0.39 is 41.4 Å². The lowest BCUT2D eigenvalue weighted by atomic mass is 9.97. The molecule has 0 fully saturated rings. The van der Waals surface area contributed by atoms with E-state index in [0.717, 1.165) is 34.7 Å². The molecule has 1 N–H and O–H groups in total. The van der Waals surface area contributed by atoms with Crippen LogP contribution >= 0.6 is 22.9 Å². The predicted octanol–water partition coefficient (Wildman–Crippen LogP) is 6.44. The summed E-state index contributed by atoms with van der Waals surface area (Å²) in [6.45, 7) is 0. The van der Waals surface area contributed by atoms with Crippen molar-refractivity contribution in [3.05, 3.63) is 92.1 Å². The van der Waals surface area contributed by atoms with Crippen molar-refractivity contribution in [3.63, 3.8) is 0 Å². The van der Waals surface area contributed by atoms with E-state index in [2.05, 4.69) is 10.1 Å². The van der Waals surface area contributed by atoms with Crippen LogP contribution in [0.3, 0.4) is 0 Å². The zero-order chi connectivity index (χ0) is 27.4. The van der Waals surface area contributed by atoms with E-state index in [0.29, 0.717) is 4.68 Å². The number of hydrogen-bond donors (Lipinski definition) is 1. The number of hydroxylamine groups is 2. The highest BCUT2D eigenvalue weighted by Gasteiger charge is 2.45. The number of likely N-dealkylation sites (N-methyl/N-ethyl adjacent to an activating group) is 1. The summed E-state index contributed by atoms with van der Waals surface area (Å²) >= 11 is 7.12. The molecular weight excluding hydrogens is 555 g/mol. The molecule has 2 aromatic heterocycles. The Kier molecular flexibility index (Phi) is 6.51. The fourth-order valence-corrected chi connectivity index (χ4v) is 5.43. The molecule has 2 aliphatic carbocycles. The predicted molar refractivity (Wildman–Crippen MR) is 129 cm³/mol. The standard InChI is InChI=1S/C24H16ClF5N4O3S/c1-33-19(17-14(25)6-3-7-15(17)27)18(22-32-16(10-38-22)23(35)36)20(37-33)13-9-31-34(21(13)24(28,29)30)12-5-2-4-11(26)8-12/h2-4,6-10,12,15H,5H2,1H3,(H,35,36). The lowest BCUT2D eigenvalue weighted by molar-refractivity contribution is -0.145. The van der Waals surface area contributed by atoms with Gasteiger partial charge in [0.2, 0.25) is 0 Å². The summed E-state index contributed by atoms with van der Waals surface area (Å²) in [7, 11) is 1.35. The minimum atomic E-state index is -4.96. The van der Waals surface area contributed by atoms with Gasteiger partial charge in [0.15, 0.2) is 17.1 Å². The first-order chi connectivity index (χ1) is 18.0. The number of alkyl halides is 4. The first-order valence-corrected chi connectivity index (χ1v) is 12.2. The topological polar surface area (TPSA) is 80.5 Å². The van der Waals surface area contributed by atoms with Crippen molar-refractivity contribution in [2.45, 2.75) is 24.8 Å². The zero-order valence-electron chi connectivity index (χ0n) is 19.2. The van der Waals surface area contributed by atoms with Gasteiger partial charge in [-0.15, -0.1) is 11.3 Å². The molecule has 1 aliphatic heterocycles. The normalized spacial score (nSPS) is 23.6. The SMILES string of the molecule is CN1OC(c2cnn(C3C=C(F)C=CC3)c2C(F)(F)F)=C(c2nc(C(=O)O)cs2)C1=C1C(Cl)=CC=CC1F. The summed E-state index contributed by atoms with van der Waals surface area (Å²) in [4.78, 5) is 21.3. The van der Waals surface area contributed by atoms with Crippen LogP contribution in [0.4, 0.5) is 22.0 Å². The van der Waals surface area contributed by atoms with Crippen LogP contribution in [-0.4, -0.2) is 44.1 Å². The molecule has 0 saturated heterocycles. The first-order valence-electron chi connectivity index (χ1n) is 10.9. The number of allylic oxidation sites excluding steroid dienone is 10. The summed E-state index contributed by atoms with van der Waals surface area (Å²) in [5.74, 6) is -2.46. The molecule has 5 rings (SSSR count). The Balaban J connectivity index is 1.80. The molecule has 2 unspecified atom stereocenters. The van der Waals surface area contributed by atoms with Crippen LogP contribution in [-0.2, 0) is 11.0 Å². The fraction of sp³-hybridized carbons (Fsp3) is 0.208. The maximum atomic E-state index is 15.1. The summed E-state index contributed by atoms with van der Waals surface area (Å²) in [5.41, 5.74) is -2.34. The Morgan fingerprint density at radius 3 is 2.74 bits per heavy atom. The number of nitrogens with zero attached hydrogens (tertiary/aromatic N) is 4. The van der Waals surface area contributed by atoms with Gasteiger partial charge >= 0.3 is 12.1 Å². The lowest BCUT2D eigenvalue weighted by Gasteiger charge is -2.21. The monoisotopic (exact) mass is 570 g/mol. The number of thiazole rings is 1. The number of aromatic carboxylic acids is 1. The van der Waals surface area contributed by atoms with Crippen LogP contribution < -0.4 is 0 Å². The van der Waals surface area contributed by atoms with Crippen molar-refractivity contribution in [3.8, 4) is 0 Å². The van der Waals surface area contributed by atoms with Crippen molar-refractivity contribution in [1.82, 2.24) is 19.8 Å². The van der Waals surface area contributed by atoms with Crippen LogP contribution in [0.2, 0.25) is 0 Å². The van der Waals surface area contributed by atoms with E-state index in [1.54, 1.807) is 0 Å². The van der Waals surface area contributed by atoms with Gasteiger partial charge in [-0.3, -0.25) is 4.68 Å². The summed E-state index contributed by atoms with van der Waals surface area (Å²) < 4.78 is 73.0. The molecule has 198 valence electrons. The molecule has 0 amide bonds. The molecule has 0 radical (unpaired) electrons. The van der Waals surface area contributed by atoms with E-state index in [1.165, 1.54) is 36.7 Å². The molecule has 2 aromatic rings. The molecule has 0 spiro atoms. The zero-order valence-corrected chi connectivity index (χ0v) is 20.8. The largest absolute Gasteiger partial charge is 0.476 e. The highest BCUT2D eigenvalue weighted by Crippen LogP contribution is 2.49. The molecule has 3 aliphatic rings. The van der Waals surface area contributed by atoms with Gasteiger partial charge in [0, 0.05) is 23.0 Å². The molecular formula is C24H16ClF5N4O3S. The van der Waals surface area contributed by atoms with E-state index >= 15 is 4.39 Å². The van der Waals surface area contributed by atoms with Gasteiger partial charge in [-0.25, -0.2) is 23.6 Å². The highest BCUT2D eigenvalue weighted by molar-refractivity contribution is 7.11. The molecule has 14 heteroatoms. The number of aromatic nitrogens is 3. The molecule has 7 nitrogen and oxygen atoms in total. The average molecular weight is 571 g/mol. The molecule has 38 heavy (non-hydrogen) atoms.